The van der Waals surface area contributed by atoms with Crippen molar-refractivity contribution in [3.05, 3.63) is 71.3 Å². The van der Waals surface area contributed by atoms with E-state index in [-0.39, 0.29) is 4.80 Å². The highest BCUT2D eigenvalue weighted by Crippen LogP contribution is 2.27. The normalized spacial score (nSPS) is 14.0. The zero-order valence-corrected chi connectivity index (χ0v) is 18.7. The van der Waals surface area contributed by atoms with Crippen molar-refractivity contribution in [2.45, 2.75) is 13.0 Å². The number of thiazole rings is 1. The zero-order chi connectivity index (χ0) is 22.9. The monoisotopic (exact) mass is 473 g/mol. The molecule has 0 atom stereocenters. The van der Waals surface area contributed by atoms with Crippen molar-refractivity contribution in [1.29, 1.82) is 0 Å². The van der Waals surface area contributed by atoms with Crippen LogP contribution in [0, 0.1) is 5.82 Å². The van der Waals surface area contributed by atoms with Gasteiger partial charge in [0.2, 0.25) is 5.91 Å². The maximum Gasteiger partial charge on any atom is 0.263 e. The number of benzene rings is 2. The van der Waals surface area contributed by atoms with Crippen molar-refractivity contribution < 1.29 is 22.4 Å². The lowest BCUT2D eigenvalue weighted by Crippen LogP contribution is -2.36. The second-order valence-electron chi connectivity index (χ2n) is 7.36. The average Bonchev–Trinajstić information content (AvgIpc) is 3.29. The van der Waals surface area contributed by atoms with E-state index in [0.717, 1.165) is 16.9 Å². The van der Waals surface area contributed by atoms with Crippen LogP contribution in [0.25, 0.3) is 10.2 Å². The molecule has 10 heteroatoms. The Hall–Kier alpha value is -3.11. The van der Waals surface area contributed by atoms with E-state index in [2.05, 4.69) is 11.6 Å². The average molecular weight is 474 g/mol. The SMILES string of the molecule is C=CCn1c(=NC(=O)CS(=O)(=O)CC(=O)N2CCc3ccccc32)sc2cc(F)ccc21. The van der Waals surface area contributed by atoms with E-state index in [4.69, 9.17) is 0 Å². The number of sulfone groups is 1. The first-order valence-electron chi connectivity index (χ1n) is 9.83. The number of rotatable bonds is 6. The maximum absolute atomic E-state index is 13.6. The van der Waals surface area contributed by atoms with Crippen LogP contribution >= 0.6 is 11.3 Å². The highest BCUT2D eigenvalue weighted by molar-refractivity contribution is 7.92. The van der Waals surface area contributed by atoms with Gasteiger partial charge in [-0.2, -0.15) is 4.99 Å². The van der Waals surface area contributed by atoms with Gasteiger partial charge in [0.1, 0.15) is 17.3 Å². The first kappa shape index (κ1) is 22.1. The molecule has 3 aromatic rings. The van der Waals surface area contributed by atoms with Gasteiger partial charge >= 0.3 is 0 Å². The molecule has 0 saturated heterocycles. The van der Waals surface area contributed by atoms with Crippen LogP contribution in [-0.2, 0) is 32.4 Å². The summed E-state index contributed by atoms with van der Waals surface area (Å²) in [6.07, 6.45) is 2.26. The molecule has 1 aliphatic rings. The van der Waals surface area contributed by atoms with Gasteiger partial charge in [-0.1, -0.05) is 35.6 Å². The number of hydrogen-bond acceptors (Lipinski definition) is 5. The second kappa shape index (κ2) is 8.79. The van der Waals surface area contributed by atoms with Crippen LogP contribution in [0.5, 0.6) is 0 Å². The molecule has 2 amide bonds. The number of carbonyl (C=O) groups is 2. The molecule has 0 fully saturated rings. The van der Waals surface area contributed by atoms with Crippen molar-refractivity contribution in [2.75, 3.05) is 23.0 Å². The Morgan fingerprint density at radius 1 is 1.19 bits per heavy atom. The van der Waals surface area contributed by atoms with Crippen molar-refractivity contribution in [3.8, 4) is 0 Å². The molecule has 0 saturated carbocycles. The molecule has 0 bridgehead atoms. The third kappa shape index (κ3) is 4.56. The summed E-state index contributed by atoms with van der Waals surface area (Å²) in [5.74, 6) is -3.53. The van der Waals surface area contributed by atoms with Crippen molar-refractivity contribution in [2.24, 2.45) is 4.99 Å². The van der Waals surface area contributed by atoms with Crippen molar-refractivity contribution in [1.82, 2.24) is 4.57 Å². The van der Waals surface area contributed by atoms with Gasteiger partial charge in [-0.05, 0) is 36.2 Å². The van der Waals surface area contributed by atoms with Gasteiger partial charge in [0.25, 0.3) is 5.91 Å². The molecular formula is C22H20FN3O4S2. The van der Waals surface area contributed by atoms with Gasteiger partial charge in [-0.3, -0.25) is 9.59 Å². The molecule has 0 aliphatic carbocycles. The first-order chi connectivity index (χ1) is 15.3. The second-order valence-corrected chi connectivity index (χ2v) is 10.4. The molecule has 1 aromatic heterocycles. The Bertz CT molecular complexity index is 1410. The smallest absolute Gasteiger partial charge is 0.263 e. The largest absolute Gasteiger partial charge is 0.313 e. The van der Waals surface area contributed by atoms with Crippen LogP contribution in [0.2, 0.25) is 0 Å². The van der Waals surface area contributed by atoms with E-state index in [1.807, 2.05) is 12.1 Å². The molecule has 166 valence electrons. The number of nitrogens with zero attached hydrogens (tertiary/aromatic N) is 3. The molecule has 0 unspecified atom stereocenters. The molecule has 7 nitrogen and oxygen atoms in total. The molecular weight excluding hydrogens is 453 g/mol. The summed E-state index contributed by atoms with van der Waals surface area (Å²) in [4.78, 5) is 30.7. The standard InChI is InChI=1S/C22H20FN3O4S2/c1-2-10-26-18-8-7-16(23)12-19(18)31-22(26)24-20(27)13-32(29,30)14-21(28)25-11-9-15-5-3-4-6-17(15)25/h2-8,12H,1,9-11,13-14H2. The summed E-state index contributed by atoms with van der Waals surface area (Å²) >= 11 is 1.08. The molecule has 32 heavy (non-hydrogen) atoms. The summed E-state index contributed by atoms with van der Waals surface area (Å²) in [6, 6.07) is 11.5. The number of fused-ring (bicyclic) bond motifs is 2. The van der Waals surface area contributed by atoms with Gasteiger partial charge in [0, 0.05) is 18.8 Å². The zero-order valence-electron chi connectivity index (χ0n) is 17.0. The number of para-hydroxylation sites is 1. The number of halogens is 1. The number of allylic oxidation sites excluding steroid dienone is 1. The lowest BCUT2D eigenvalue weighted by molar-refractivity contribution is -0.116. The van der Waals surface area contributed by atoms with E-state index in [9.17, 15) is 22.4 Å². The Kier molecular flexibility index (Phi) is 6.07. The molecule has 2 aromatic carbocycles. The third-order valence-electron chi connectivity index (χ3n) is 5.05. The van der Waals surface area contributed by atoms with E-state index in [0.29, 0.717) is 35.4 Å². The fourth-order valence-corrected chi connectivity index (χ4v) is 5.84. The van der Waals surface area contributed by atoms with Crippen LogP contribution in [0.1, 0.15) is 5.56 Å². The minimum absolute atomic E-state index is 0.241. The topological polar surface area (TPSA) is 88.8 Å². The highest BCUT2D eigenvalue weighted by atomic mass is 32.2. The van der Waals surface area contributed by atoms with Crippen molar-refractivity contribution in [3.63, 3.8) is 0 Å². The summed E-state index contributed by atoms with van der Waals surface area (Å²) < 4.78 is 40.9. The summed E-state index contributed by atoms with van der Waals surface area (Å²) in [7, 11) is -4.02. The predicted octanol–water partition coefficient (Wildman–Crippen LogP) is 2.46. The highest BCUT2D eigenvalue weighted by Gasteiger charge is 2.29. The molecule has 1 aliphatic heterocycles. The number of hydrogen-bond donors (Lipinski definition) is 0. The fraction of sp³-hybridized carbons (Fsp3) is 0.227. The Morgan fingerprint density at radius 2 is 1.97 bits per heavy atom. The number of carbonyl (C=O) groups excluding carboxylic acids is 2. The van der Waals surface area contributed by atoms with Gasteiger partial charge in [-0.15, -0.1) is 6.58 Å². The molecule has 0 N–H and O–H groups in total. The molecule has 2 heterocycles. The van der Waals surface area contributed by atoms with Crippen LogP contribution in [-0.4, -0.2) is 42.8 Å². The first-order valence-corrected chi connectivity index (χ1v) is 12.5. The molecule has 0 spiro atoms. The maximum atomic E-state index is 13.6. The van der Waals surface area contributed by atoms with Gasteiger partial charge in [0.05, 0.1) is 10.2 Å². The predicted molar refractivity (Wildman–Crippen MR) is 122 cm³/mol. The van der Waals surface area contributed by atoms with E-state index < -0.39 is 39.0 Å². The van der Waals surface area contributed by atoms with E-state index in [1.165, 1.54) is 17.0 Å². The minimum atomic E-state index is -4.02. The van der Waals surface area contributed by atoms with Gasteiger partial charge < -0.3 is 9.47 Å². The number of amides is 2. The Morgan fingerprint density at radius 3 is 2.75 bits per heavy atom. The minimum Gasteiger partial charge on any atom is -0.313 e. The van der Waals surface area contributed by atoms with Gasteiger partial charge in [0.15, 0.2) is 14.6 Å². The van der Waals surface area contributed by atoms with E-state index >= 15 is 0 Å². The summed E-state index contributed by atoms with van der Waals surface area (Å²) in [5.41, 5.74) is 2.34. The quantitative estimate of drug-likeness (QED) is 0.515. The molecule has 0 radical (unpaired) electrons. The Labute approximate surface area is 188 Å². The van der Waals surface area contributed by atoms with Crippen LogP contribution in [0.15, 0.2) is 60.1 Å². The molecule has 4 rings (SSSR count). The van der Waals surface area contributed by atoms with Crippen LogP contribution in [0.3, 0.4) is 0 Å². The Balaban J connectivity index is 1.53. The lowest BCUT2D eigenvalue weighted by Gasteiger charge is -2.17. The summed E-state index contributed by atoms with van der Waals surface area (Å²) in [6.45, 7) is 4.40. The number of aromatic nitrogens is 1. The van der Waals surface area contributed by atoms with E-state index in [1.54, 1.807) is 28.8 Å². The van der Waals surface area contributed by atoms with Gasteiger partial charge in [-0.25, -0.2) is 12.8 Å². The number of anilines is 1. The summed E-state index contributed by atoms with van der Waals surface area (Å²) in [5, 5.41) is 0. The van der Waals surface area contributed by atoms with Crippen LogP contribution < -0.4 is 9.70 Å². The van der Waals surface area contributed by atoms with Crippen LogP contribution in [0.4, 0.5) is 10.1 Å². The third-order valence-corrected chi connectivity index (χ3v) is 7.47. The van der Waals surface area contributed by atoms with Crippen molar-refractivity contribution >= 4 is 48.9 Å². The lowest BCUT2D eigenvalue weighted by atomic mass is 10.2. The fourth-order valence-electron chi connectivity index (χ4n) is 3.68.